The van der Waals surface area contributed by atoms with Gasteiger partial charge in [-0.3, -0.25) is 9.48 Å². The normalized spacial score (nSPS) is 22.1. The number of hydrogen-bond donors (Lipinski definition) is 0. The Kier molecular flexibility index (Phi) is 5.54. The van der Waals surface area contributed by atoms with E-state index in [0.29, 0.717) is 23.1 Å². The quantitative estimate of drug-likeness (QED) is 0.444. The van der Waals surface area contributed by atoms with E-state index in [2.05, 4.69) is 11.2 Å². The van der Waals surface area contributed by atoms with Crippen LogP contribution in [0.1, 0.15) is 53.8 Å². The fourth-order valence-corrected chi connectivity index (χ4v) is 5.85. The number of benzene rings is 2. The molecule has 2 atom stereocenters. The number of fused-ring (bicyclic) bond motifs is 3. The number of hydrazone groups is 1. The van der Waals surface area contributed by atoms with Crippen molar-refractivity contribution in [1.29, 1.82) is 0 Å². The van der Waals surface area contributed by atoms with Gasteiger partial charge in [0.25, 0.3) is 5.91 Å². The number of allylic oxidation sites excluding steroid dienone is 1. The Labute approximate surface area is 224 Å². The van der Waals surface area contributed by atoms with Crippen molar-refractivity contribution in [2.45, 2.75) is 38.8 Å². The van der Waals surface area contributed by atoms with Crippen LogP contribution in [0.25, 0.3) is 6.08 Å². The van der Waals surface area contributed by atoms with Crippen LogP contribution in [0, 0.1) is 5.92 Å². The van der Waals surface area contributed by atoms with E-state index in [-0.39, 0.29) is 37.1 Å². The molecule has 3 aliphatic heterocycles. The topological polar surface area (TPSA) is 87.4 Å². The number of aromatic nitrogens is 2. The number of amides is 1. The number of carbonyl (C=O) groups excluding carboxylic acids is 1. The van der Waals surface area contributed by atoms with Gasteiger partial charge in [-0.2, -0.15) is 10.2 Å². The SMILES string of the molecule is CCn1cc(Cl)c(C(=O)N2N=C3/C(=C/c4ccc5c(c4)OCO5)CCC[C@@H]3[C@@H]2c2ccc3c(c2)OCO3)n1. The lowest BCUT2D eigenvalue weighted by atomic mass is 9.77. The first-order chi connectivity index (χ1) is 18.6. The molecule has 1 amide bonds. The van der Waals surface area contributed by atoms with Crippen molar-refractivity contribution >= 4 is 29.3 Å². The van der Waals surface area contributed by atoms with Crippen molar-refractivity contribution in [3.63, 3.8) is 0 Å². The summed E-state index contributed by atoms with van der Waals surface area (Å²) in [6, 6.07) is 11.4. The number of halogens is 1. The van der Waals surface area contributed by atoms with Crippen LogP contribution in [0.4, 0.5) is 0 Å². The molecule has 0 N–H and O–H groups in total. The minimum atomic E-state index is -0.325. The minimum absolute atomic E-state index is 0.0142. The Balaban J connectivity index is 1.30. The molecule has 9 nitrogen and oxygen atoms in total. The van der Waals surface area contributed by atoms with Gasteiger partial charge in [0, 0.05) is 18.7 Å². The highest BCUT2D eigenvalue weighted by molar-refractivity contribution is 6.33. The van der Waals surface area contributed by atoms with Gasteiger partial charge in [-0.15, -0.1) is 0 Å². The van der Waals surface area contributed by atoms with Gasteiger partial charge in [-0.05, 0) is 73.2 Å². The van der Waals surface area contributed by atoms with Gasteiger partial charge in [0.05, 0.1) is 16.8 Å². The Morgan fingerprint density at radius 3 is 2.55 bits per heavy atom. The number of aryl methyl sites for hydroxylation is 1. The summed E-state index contributed by atoms with van der Waals surface area (Å²) in [6.07, 6.45) is 6.55. The van der Waals surface area contributed by atoms with Crippen molar-refractivity contribution in [1.82, 2.24) is 14.8 Å². The number of nitrogens with zero attached hydrogens (tertiary/aromatic N) is 4. The van der Waals surface area contributed by atoms with Crippen LogP contribution in [-0.4, -0.2) is 40.0 Å². The van der Waals surface area contributed by atoms with Gasteiger partial charge in [0.1, 0.15) is 0 Å². The van der Waals surface area contributed by atoms with E-state index in [9.17, 15) is 4.79 Å². The Hall–Kier alpha value is -3.98. The Morgan fingerprint density at radius 1 is 1.05 bits per heavy atom. The number of ether oxygens (including phenoxy) is 4. The summed E-state index contributed by atoms with van der Waals surface area (Å²) >= 11 is 6.45. The average molecular weight is 533 g/mol. The second kappa shape index (κ2) is 9.09. The largest absolute Gasteiger partial charge is 0.454 e. The van der Waals surface area contributed by atoms with Gasteiger partial charge >= 0.3 is 0 Å². The third-order valence-electron chi connectivity index (χ3n) is 7.43. The van der Waals surface area contributed by atoms with Crippen LogP contribution in [-0.2, 0) is 6.54 Å². The van der Waals surface area contributed by atoms with E-state index in [0.717, 1.165) is 53.2 Å². The molecule has 1 aliphatic carbocycles. The van der Waals surface area contributed by atoms with E-state index in [4.69, 9.17) is 35.6 Å². The van der Waals surface area contributed by atoms with Gasteiger partial charge in [-0.1, -0.05) is 23.7 Å². The molecule has 4 heterocycles. The molecule has 0 radical (unpaired) electrons. The molecular weight excluding hydrogens is 508 g/mol. The van der Waals surface area contributed by atoms with Gasteiger partial charge in [0.2, 0.25) is 13.6 Å². The van der Waals surface area contributed by atoms with Crippen LogP contribution in [0.3, 0.4) is 0 Å². The maximum Gasteiger partial charge on any atom is 0.296 e. The third-order valence-corrected chi connectivity index (χ3v) is 7.71. The molecule has 3 aromatic rings. The summed E-state index contributed by atoms with van der Waals surface area (Å²) in [4.78, 5) is 13.9. The second-order valence-corrected chi connectivity index (χ2v) is 10.1. The molecule has 0 spiro atoms. The molecule has 2 aromatic carbocycles. The zero-order valence-corrected chi connectivity index (χ0v) is 21.5. The zero-order valence-electron chi connectivity index (χ0n) is 20.7. The first-order valence-corrected chi connectivity index (χ1v) is 13.1. The lowest BCUT2D eigenvalue weighted by Gasteiger charge is -2.29. The van der Waals surface area contributed by atoms with Crippen molar-refractivity contribution in [3.8, 4) is 23.0 Å². The number of hydrogen-bond acceptors (Lipinski definition) is 7. The molecule has 0 unspecified atom stereocenters. The highest BCUT2D eigenvalue weighted by Gasteiger charge is 2.45. The fourth-order valence-electron chi connectivity index (χ4n) is 5.61. The maximum atomic E-state index is 13.9. The number of rotatable bonds is 4. The standard InChI is InChI=1S/C28H25ClN4O5/c1-2-32-13-20(29)26(30-32)28(34)33-27(18-7-9-22-24(12-18)38-15-36-22)19-5-3-4-17(25(19)31-33)10-16-6-8-21-23(11-16)37-14-35-21/h6-13,19,27H,2-5,14-15H2,1H3/b17-10+/t19-,27-/m0/s1. The van der Waals surface area contributed by atoms with Crippen molar-refractivity contribution in [2.24, 2.45) is 11.0 Å². The van der Waals surface area contributed by atoms with Crippen LogP contribution < -0.4 is 18.9 Å². The molecule has 0 saturated heterocycles. The summed E-state index contributed by atoms with van der Waals surface area (Å²) < 4.78 is 23.9. The predicted molar refractivity (Wildman–Crippen MR) is 140 cm³/mol. The highest BCUT2D eigenvalue weighted by Crippen LogP contribution is 2.47. The first-order valence-electron chi connectivity index (χ1n) is 12.7. The van der Waals surface area contributed by atoms with Crippen LogP contribution >= 0.6 is 11.6 Å². The predicted octanol–water partition coefficient (Wildman–Crippen LogP) is 5.45. The summed E-state index contributed by atoms with van der Waals surface area (Å²) in [7, 11) is 0. The Bertz CT molecular complexity index is 1510. The average Bonchev–Trinajstić information content (AvgIpc) is 3.72. The second-order valence-electron chi connectivity index (χ2n) is 9.65. The summed E-state index contributed by atoms with van der Waals surface area (Å²) in [5.41, 5.74) is 4.15. The third kappa shape index (κ3) is 3.80. The first kappa shape index (κ1) is 23.2. The molecule has 194 valence electrons. The zero-order chi connectivity index (χ0) is 25.8. The van der Waals surface area contributed by atoms with Crippen molar-refractivity contribution < 1.29 is 23.7 Å². The minimum Gasteiger partial charge on any atom is -0.454 e. The molecule has 1 aromatic heterocycles. The van der Waals surface area contributed by atoms with Crippen molar-refractivity contribution in [2.75, 3.05) is 13.6 Å². The van der Waals surface area contributed by atoms with Gasteiger partial charge in [0.15, 0.2) is 28.7 Å². The maximum absolute atomic E-state index is 13.9. The molecule has 1 saturated carbocycles. The Morgan fingerprint density at radius 2 is 1.79 bits per heavy atom. The smallest absolute Gasteiger partial charge is 0.296 e. The lowest BCUT2D eigenvalue weighted by Crippen LogP contribution is -2.32. The van der Waals surface area contributed by atoms with Gasteiger partial charge < -0.3 is 18.9 Å². The van der Waals surface area contributed by atoms with E-state index in [1.54, 1.807) is 15.9 Å². The molecule has 0 bridgehead atoms. The summed E-state index contributed by atoms with van der Waals surface area (Å²) in [5.74, 6) is 2.53. The van der Waals surface area contributed by atoms with Crippen LogP contribution in [0.2, 0.25) is 5.02 Å². The molecule has 38 heavy (non-hydrogen) atoms. The molecule has 1 fully saturated rings. The monoisotopic (exact) mass is 532 g/mol. The van der Waals surface area contributed by atoms with E-state index in [1.807, 2.05) is 43.3 Å². The van der Waals surface area contributed by atoms with E-state index in [1.165, 1.54) is 0 Å². The highest BCUT2D eigenvalue weighted by atomic mass is 35.5. The molecular formula is C28H25ClN4O5. The number of carbonyl (C=O) groups is 1. The lowest BCUT2D eigenvalue weighted by molar-refractivity contribution is 0.0673. The van der Waals surface area contributed by atoms with Crippen LogP contribution in [0.15, 0.2) is 53.3 Å². The molecule has 4 aliphatic rings. The fraction of sp³-hybridized carbons (Fsp3) is 0.321. The van der Waals surface area contributed by atoms with E-state index >= 15 is 0 Å². The summed E-state index contributed by atoms with van der Waals surface area (Å²) in [6.45, 7) is 2.97. The van der Waals surface area contributed by atoms with Gasteiger partial charge in [-0.25, -0.2) is 5.01 Å². The molecule has 10 heteroatoms. The van der Waals surface area contributed by atoms with E-state index < -0.39 is 0 Å². The van der Waals surface area contributed by atoms with Crippen LogP contribution in [0.5, 0.6) is 23.0 Å². The van der Waals surface area contributed by atoms with Crippen molar-refractivity contribution in [3.05, 3.63) is 70.0 Å². The molecule has 7 rings (SSSR count). The summed E-state index contributed by atoms with van der Waals surface area (Å²) in [5, 5.41) is 11.3.